The Morgan fingerprint density at radius 2 is 1.50 bits per heavy atom. The second kappa shape index (κ2) is 14.7. The molecule has 0 aliphatic heterocycles. The number of benzene rings is 1. The van der Waals surface area contributed by atoms with Gasteiger partial charge in [-0.1, -0.05) is 89.5 Å². The van der Waals surface area contributed by atoms with E-state index in [0.717, 1.165) is 29.9 Å². The fourth-order valence-electron chi connectivity index (χ4n) is 3.51. The van der Waals surface area contributed by atoms with Crippen LogP contribution in [-0.2, 0) is 6.42 Å². The molecule has 0 saturated heterocycles. The minimum atomic E-state index is -0.389. The average Bonchev–Trinajstić information content (AvgIpc) is 3.27. The van der Waals surface area contributed by atoms with Crippen molar-refractivity contribution in [2.45, 2.75) is 90.6 Å². The van der Waals surface area contributed by atoms with Crippen molar-refractivity contribution >= 4 is 10.9 Å². The number of aliphatic hydroxyl groups is 1. The number of imidazole rings is 1. The largest absolute Gasteiger partial charge is 0.387 e. The SMILES string of the molecule is CCCCCCCCCCCc1ncc(C(O)CC)[nH]1.c1ccc2ncccc2c1. The number of pyridine rings is 1. The molecule has 2 heterocycles. The van der Waals surface area contributed by atoms with Gasteiger partial charge in [-0.15, -0.1) is 0 Å². The molecule has 0 amide bonds. The quantitative estimate of drug-likeness (QED) is 0.312. The van der Waals surface area contributed by atoms with Gasteiger partial charge < -0.3 is 10.1 Å². The summed E-state index contributed by atoms with van der Waals surface area (Å²) in [5.41, 5.74) is 1.92. The highest BCUT2D eigenvalue weighted by molar-refractivity contribution is 5.77. The standard InChI is InChI=1S/C17H32N2O.C9H7N/c1-3-5-6-7-8-9-10-11-12-13-17-18-14-15(19-17)16(20)4-2;1-2-6-9-8(4-1)5-3-7-10-9/h14,16,20H,3-13H2,1-2H3,(H,18,19);1-7H. The Labute approximate surface area is 182 Å². The predicted octanol–water partition coefficient (Wildman–Crippen LogP) is 7.16. The normalized spacial score (nSPS) is 11.8. The van der Waals surface area contributed by atoms with E-state index in [1.165, 1.54) is 63.2 Å². The van der Waals surface area contributed by atoms with Crippen molar-refractivity contribution in [3.63, 3.8) is 0 Å². The summed E-state index contributed by atoms with van der Waals surface area (Å²) in [4.78, 5) is 11.7. The van der Waals surface area contributed by atoms with E-state index >= 15 is 0 Å². The Kier molecular flexibility index (Phi) is 11.8. The summed E-state index contributed by atoms with van der Waals surface area (Å²) in [5.74, 6) is 1.02. The molecule has 0 bridgehead atoms. The van der Waals surface area contributed by atoms with Crippen LogP contribution >= 0.6 is 0 Å². The van der Waals surface area contributed by atoms with Crippen molar-refractivity contribution in [1.29, 1.82) is 0 Å². The number of hydrogen-bond acceptors (Lipinski definition) is 3. The highest BCUT2D eigenvalue weighted by Gasteiger charge is 2.08. The van der Waals surface area contributed by atoms with Crippen molar-refractivity contribution in [3.05, 3.63) is 60.3 Å². The van der Waals surface area contributed by atoms with Crippen LogP contribution in [0.25, 0.3) is 10.9 Å². The predicted molar refractivity (Wildman–Crippen MR) is 127 cm³/mol. The first-order chi connectivity index (χ1) is 14.7. The zero-order valence-electron chi connectivity index (χ0n) is 18.8. The highest BCUT2D eigenvalue weighted by atomic mass is 16.3. The van der Waals surface area contributed by atoms with Gasteiger partial charge >= 0.3 is 0 Å². The summed E-state index contributed by atoms with van der Waals surface area (Å²) in [7, 11) is 0. The lowest BCUT2D eigenvalue weighted by Gasteiger charge is -2.03. The van der Waals surface area contributed by atoms with Crippen LogP contribution < -0.4 is 0 Å². The van der Waals surface area contributed by atoms with Crippen LogP contribution in [0.15, 0.2) is 48.8 Å². The first-order valence-electron chi connectivity index (χ1n) is 11.8. The molecular weight excluding hydrogens is 370 g/mol. The van der Waals surface area contributed by atoms with E-state index in [1.54, 1.807) is 6.20 Å². The maximum Gasteiger partial charge on any atom is 0.106 e. The van der Waals surface area contributed by atoms with Crippen molar-refractivity contribution < 1.29 is 5.11 Å². The first-order valence-corrected chi connectivity index (χ1v) is 11.8. The number of aryl methyl sites for hydroxylation is 1. The van der Waals surface area contributed by atoms with Gasteiger partial charge in [-0.05, 0) is 25.0 Å². The molecule has 0 aliphatic rings. The summed E-state index contributed by atoms with van der Waals surface area (Å²) in [6, 6.07) is 12.1. The number of nitrogens with zero attached hydrogens (tertiary/aromatic N) is 2. The molecule has 3 rings (SSSR count). The van der Waals surface area contributed by atoms with Gasteiger partial charge in [-0.25, -0.2) is 4.98 Å². The summed E-state index contributed by atoms with van der Waals surface area (Å²) in [5, 5.41) is 10.9. The monoisotopic (exact) mass is 409 g/mol. The molecule has 0 aliphatic carbocycles. The molecule has 2 N–H and O–H groups in total. The molecule has 4 heteroatoms. The fourth-order valence-corrected chi connectivity index (χ4v) is 3.51. The molecule has 3 aromatic rings. The molecule has 0 saturated carbocycles. The second-order valence-corrected chi connectivity index (χ2v) is 7.98. The van der Waals surface area contributed by atoms with Crippen molar-refractivity contribution in [2.75, 3.05) is 0 Å². The summed E-state index contributed by atoms with van der Waals surface area (Å²) in [6.45, 7) is 4.24. The van der Waals surface area contributed by atoms with Crippen molar-refractivity contribution in [3.8, 4) is 0 Å². The molecule has 1 aromatic carbocycles. The topological polar surface area (TPSA) is 61.8 Å². The van der Waals surface area contributed by atoms with Crippen molar-refractivity contribution in [2.24, 2.45) is 0 Å². The van der Waals surface area contributed by atoms with Crippen molar-refractivity contribution in [1.82, 2.24) is 15.0 Å². The van der Waals surface area contributed by atoms with Gasteiger partial charge in [0.15, 0.2) is 0 Å². The van der Waals surface area contributed by atoms with Crippen LogP contribution in [0, 0.1) is 0 Å². The van der Waals surface area contributed by atoms with Gasteiger partial charge in [0.2, 0.25) is 0 Å². The molecule has 2 aromatic heterocycles. The van der Waals surface area contributed by atoms with Gasteiger partial charge in [0.05, 0.1) is 23.5 Å². The lowest BCUT2D eigenvalue weighted by molar-refractivity contribution is 0.169. The molecule has 1 unspecified atom stereocenters. The lowest BCUT2D eigenvalue weighted by atomic mass is 10.1. The average molecular weight is 410 g/mol. The third-order valence-corrected chi connectivity index (χ3v) is 5.42. The number of aliphatic hydroxyl groups excluding tert-OH is 1. The number of unbranched alkanes of at least 4 members (excludes halogenated alkanes) is 8. The molecule has 1 atom stereocenters. The second-order valence-electron chi connectivity index (χ2n) is 7.98. The highest BCUT2D eigenvalue weighted by Crippen LogP contribution is 2.15. The number of rotatable bonds is 12. The number of aromatic amines is 1. The van der Waals surface area contributed by atoms with Crippen LogP contribution in [0.3, 0.4) is 0 Å². The fraction of sp³-hybridized carbons (Fsp3) is 0.538. The van der Waals surface area contributed by atoms with Crippen LogP contribution in [0.4, 0.5) is 0 Å². The summed E-state index contributed by atoms with van der Waals surface area (Å²) in [6.07, 6.45) is 17.1. The summed E-state index contributed by atoms with van der Waals surface area (Å²) < 4.78 is 0. The molecular formula is C26H39N3O. The van der Waals surface area contributed by atoms with E-state index in [9.17, 15) is 5.11 Å². The van der Waals surface area contributed by atoms with Crippen LogP contribution in [0.1, 0.15) is 95.7 Å². The van der Waals surface area contributed by atoms with Gasteiger partial charge in [0.25, 0.3) is 0 Å². The maximum absolute atomic E-state index is 9.70. The van der Waals surface area contributed by atoms with E-state index < -0.39 is 0 Å². The number of H-pyrrole nitrogens is 1. The number of fused-ring (bicyclic) bond motifs is 1. The Bertz CT molecular complexity index is 749. The number of nitrogens with one attached hydrogen (secondary N) is 1. The molecule has 0 fully saturated rings. The lowest BCUT2D eigenvalue weighted by Crippen LogP contribution is -1.96. The van der Waals surface area contributed by atoms with Gasteiger partial charge in [-0.3, -0.25) is 4.98 Å². The van der Waals surface area contributed by atoms with Gasteiger partial charge in [0.1, 0.15) is 5.82 Å². The van der Waals surface area contributed by atoms with E-state index in [0.29, 0.717) is 0 Å². The van der Waals surface area contributed by atoms with Crippen LogP contribution in [0.2, 0.25) is 0 Å². The Morgan fingerprint density at radius 3 is 2.20 bits per heavy atom. The van der Waals surface area contributed by atoms with E-state index in [-0.39, 0.29) is 6.10 Å². The number of hydrogen-bond donors (Lipinski definition) is 2. The van der Waals surface area contributed by atoms with Gasteiger partial charge in [0, 0.05) is 18.0 Å². The van der Waals surface area contributed by atoms with E-state index in [4.69, 9.17) is 0 Å². The third-order valence-electron chi connectivity index (χ3n) is 5.42. The smallest absolute Gasteiger partial charge is 0.106 e. The number of aromatic nitrogens is 3. The third kappa shape index (κ3) is 9.08. The molecule has 0 spiro atoms. The molecule has 0 radical (unpaired) electrons. The Balaban J connectivity index is 0.000000263. The molecule has 164 valence electrons. The number of para-hydroxylation sites is 1. The zero-order chi connectivity index (χ0) is 21.4. The van der Waals surface area contributed by atoms with Crippen LogP contribution in [-0.4, -0.2) is 20.1 Å². The Hall–Kier alpha value is -2.20. The molecule has 4 nitrogen and oxygen atoms in total. The van der Waals surface area contributed by atoms with Gasteiger partial charge in [-0.2, -0.15) is 0 Å². The van der Waals surface area contributed by atoms with Crippen LogP contribution in [0.5, 0.6) is 0 Å². The molecule has 30 heavy (non-hydrogen) atoms. The maximum atomic E-state index is 9.70. The zero-order valence-corrected chi connectivity index (χ0v) is 18.8. The van der Waals surface area contributed by atoms with E-state index in [2.05, 4.69) is 34.0 Å². The minimum Gasteiger partial charge on any atom is -0.387 e. The summed E-state index contributed by atoms with van der Waals surface area (Å²) >= 11 is 0. The van der Waals surface area contributed by atoms with E-state index in [1.807, 2.05) is 37.4 Å². The first kappa shape index (κ1) is 24.1. The Morgan fingerprint density at radius 1 is 0.833 bits per heavy atom. The minimum absolute atomic E-state index is 0.389.